The van der Waals surface area contributed by atoms with Crippen LogP contribution in [0, 0.1) is 13.8 Å². The van der Waals surface area contributed by atoms with Crippen LogP contribution in [0.25, 0.3) is 0 Å². The van der Waals surface area contributed by atoms with Crippen LogP contribution >= 0.6 is 0 Å². The second-order valence-electron chi connectivity index (χ2n) is 4.26. The smallest absolute Gasteiger partial charge is 0.261 e. The number of halogens is 2. The maximum atomic E-state index is 11.9. The number of benzene rings is 1. The van der Waals surface area contributed by atoms with Crippen LogP contribution in [0.2, 0.25) is 0 Å². The van der Waals surface area contributed by atoms with Gasteiger partial charge in [0.15, 0.2) is 0 Å². The Kier molecular flexibility index (Phi) is 6.18. The number of nitrogens with one attached hydrogen (secondary N) is 1. The minimum absolute atomic E-state index is 0.0810. The highest BCUT2D eigenvalue weighted by Crippen LogP contribution is 2.22. The average molecular weight is 258 g/mol. The Labute approximate surface area is 106 Å². The standard InChI is InChI=1S/C13H20F2N2O/c1-9-4-3-5-11(10(9)2)12(17-16)6-7-18-8-13(14)15/h3-5,12-13,17H,6-8,16H2,1-2H3. The summed E-state index contributed by atoms with van der Waals surface area (Å²) in [5.74, 6) is 5.51. The summed E-state index contributed by atoms with van der Waals surface area (Å²) in [6.45, 7) is 3.78. The molecule has 102 valence electrons. The van der Waals surface area contributed by atoms with Crippen LogP contribution in [0.3, 0.4) is 0 Å². The zero-order valence-corrected chi connectivity index (χ0v) is 10.7. The summed E-state index contributed by atoms with van der Waals surface area (Å²) in [6, 6.07) is 5.89. The molecule has 1 aromatic rings. The molecule has 0 saturated carbocycles. The van der Waals surface area contributed by atoms with Crippen molar-refractivity contribution in [3.8, 4) is 0 Å². The fourth-order valence-corrected chi connectivity index (χ4v) is 1.85. The van der Waals surface area contributed by atoms with E-state index in [1.54, 1.807) is 0 Å². The first kappa shape index (κ1) is 15.0. The topological polar surface area (TPSA) is 47.3 Å². The van der Waals surface area contributed by atoms with Crippen molar-refractivity contribution in [2.24, 2.45) is 5.84 Å². The summed E-state index contributed by atoms with van der Waals surface area (Å²) in [7, 11) is 0. The van der Waals surface area contributed by atoms with E-state index in [9.17, 15) is 8.78 Å². The van der Waals surface area contributed by atoms with Crippen molar-refractivity contribution in [3.63, 3.8) is 0 Å². The molecule has 0 aliphatic carbocycles. The van der Waals surface area contributed by atoms with Gasteiger partial charge >= 0.3 is 0 Å². The third kappa shape index (κ3) is 4.33. The minimum atomic E-state index is -2.42. The van der Waals surface area contributed by atoms with Crippen LogP contribution in [-0.4, -0.2) is 19.6 Å². The molecule has 0 saturated heterocycles. The molecule has 0 aromatic heterocycles. The Morgan fingerprint density at radius 3 is 2.67 bits per heavy atom. The first-order chi connectivity index (χ1) is 8.56. The summed E-state index contributed by atoms with van der Waals surface area (Å²) in [5, 5.41) is 0. The number of rotatable bonds is 7. The highest BCUT2D eigenvalue weighted by atomic mass is 19.3. The predicted molar refractivity (Wildman–Crippen MR) is 67.4 cm³/mol. The molecule has 3 nitrogen and oxygen atoms in total. The number of hydrogen-bond donors (Lipinski definition) is 2. The molecule has 0 spiro atoms. The van der Waals surface area contributed by atoms with E-state index in [0.29, 0.717) is 6.42 Å². The van der Waals surface area contributed by atoms with Crippen molar-refractivity contribution in [1.82, 2.24) is 5.43 Å². The molecule has 0 fully saturated rings. The average Bonchev–Trinajstić information content (AvgIpc) is 2.33. The number of nitrogens with two attached hydrogens (primary N) is 1. The molecule has 0 radical (unpaired) electrons. The largest absolute Gasteiger partial charge is 0.375 e. The SMILES string of the molecule is Cc1cccc(C(CCOCC(F)F)NN)c1C. The number of alkyl halides is 2. The van der Waals surface area contributed by atoms with Gasteiger partial charge in [-0.15, -0.1) is 0 Å². The Hall–Kier alpha value is -1.04. The van der Waals surface area contributed by atoms with Crippen LogP contribution < -0.4 is 11.3 Å². The minimum Gasteiger partial charge on any atom is -0.375 e. The van der Waals surface area contributed by atoms with E-state index in [-0.39, 0.29) is 12.6 Å². The van der Waals surface area contributed by atoms with Crippen molar-refractivity contribution in [2.45, 2.75) is 32.7 Å². The Morgan fingerprint density at radius 2 is 2.06 bits per heavy atom. The second-order valence-corrected chi connectivity index (χ2v) is 4.26. The zero-order chi connectivity index (χ0) is 13.5. The summed E-state index contributed by atoms with van der Waals surface area (Å²) >= 11 is 0. The quantitative estimate of drug-likeness (QED) is 0.449. The number of hydrogen-bond acceptors (Lipinski definition) is 3. The van der Waals surface area contributed by atoms with Crippen molar-refractivity contribution in [2.75, 3.05) is 13.2 Å². The van der Waals surface area contributed by atoms with Crippen LogP contribution in [0.15, 0.2) is 18.2 Å². The highest BCUT2D eigenvalue weighted by molar-refractivity contribution is 5.35. The molecule has 1 aromatic carbocycles. The summed E-state index contributed by atoms with van der Waals surface area (Å²) < 4.78 is 28.7. The molecule has 0 amide bonds. The summed E-state index contributed by atoms with van der Waals surface area (Å²) in [6.07, 6.45) is -1.86. The lowest BCUT2D eigenvalue weighted by Crippen LogP contribution is -2.29. The maximum Gasteiger partial charge on any atom is 0.261 e. The third-order valence-corrected chi connectivity index (χ3v) is 3.02. The van der Waals surface area contributed by atoms with Crippen LogP contribution in [0.1, 0.15) is 29.2 Å². The van der Waals surface area contributed by atoms with Gasteiger partial charge in [-0.05, 0) is 37.0 Å². The Balaban J connectivity index is 2.57. The number of aryl methyl sites for hydroxylation is 1. The molecule has 5 heteroatoms. The second kappa shape index (κ2) is 7.41. The molecule has 0 aliphatic rings. The molecule has 1 unspecified atom stereocenters. The third-order valence-electron chi connectivity index (χ3n) is 3.02. The normalized spacial score (nSPS) is 13.0. The lowest BCUT2D eigenvalue weighted by molar-refractivity contribution is 0.0143. The van der Waals surface area contributed by atoms with Crippen molar-refractivity contribution in [3.05, 3.63) is 34.9 Å². The van der Waals surface area contributed by atoms with Gasteiger partial charge in [0.25, 0.3) is 6.43 Å². The molecule has 0 bridgehead atoms. The van der Waals surface area contributed by atoms with Gasteiger partial charge in [-0.1, -0.05) is 18.2 Å². The fourth-order valence-electron chi connectivity index (χ4n) is 1.85. The molecule has 0 aliphatic heterocycles. The van der Waals surface area contributed by atoms with Crippen molar-refractivity contribution >= 4 is 0 Å². The van der Waals surface area contributed by atoms with E-state index in [0.717, 1.165) is 11.1 Å². The van der Waals surface area contributed by atoms with Gasteiger partial charge in [0.1, 0.15) is 6.61 Å². The number of ether oxygens (including phenoxy) is 1. The van der Waals surface area contributed by atoms with Crippen LogP contribution in [-0.2, 0) is 4.74 Å². The van der Waals surface area contributed by atoms with Gasteiger partial charge in [0.05, 0.1) is 0 Å². The van der Waals surface area contributed by atoms with E-state index in [1.807, 2.05) is 32.0 Å². The molecule has 0 heterocycles. The predicted octanol–water partition coefficient (Wildman–Crippen LogP) is 2.48. The molecule has 18 heavy (non-hydrogen) atoms. The van der Waals surface area contributed by atoms with Crippen LogP contribution in [0.4, 0.5) is 8.78 Å². The van der Waals surface area contributed by atoms with E-state index >= 15 is 0 Å². The molecule has 1 rings (SSSR count). The van der Waals surface area contributed by atoms with E-state index in [4.69, 9.17) is 10.6 Å². The zero-order valence-electron chi connectivity index (χ0n) is 10.7. The molecular weight excluding hydrogens is 238 g/mol. The van der Waals surface area contributed by atoms with Crippen LogP contribution in [0.5, 0.6) is 0 Å². The maximum absolute atomic E-state index is 11.9. The lowest BCUT2D eigenvalue weighted by Gasteiger charge is -2.19. The fraction of sp³-hybridized carbons (Fsp3) is 0.538. The Morgan fingerprint density at radius 1 is 1.33 bits per heavy atom. The Bertz CT molecular complexity index is 372. The van der Waals surface area contributed by atoms with Gasteiger partial charge in [-0.2, -0.15) is 0 Å². The van der Waals surface area contributed by atoms with Gasteiger partial charge in [-0.25, -0.2) is 8.78 Å². The van der Waals surface area contributed by atoms with E-state index in [2.05, 4.69) is 5.43 Å². The van der Waals surface area contributed by atoms with Gasteiger partial charge in [0.2, 0.25) is 0 Å². The van der Waals surface area contributed by atoms with Crippen molar-refractivity contribution < 1.29 is 13.5 Å². The summed E-state index contributed by atoms with van der Waals surface area (Å²) in [5.41, 5.74) is 6.13. The highest BCUT2D eigenvalue weighted by Gasteiger charge is 2.13. The first-order valence-electron chi connectivity index (χ1n) is 5.94. The van der Waals surface area contributed by atoms with Gasteiger partial charge in [0, 0.05) is 12.6 Å². The van der Waals surface area contributed by atoms with Crippen molar-refractivity contribution in [1.29, 1.82) is 0 Å². The van der Waals surface area contributed by atoms with Gasteiger partial charge < -0.3 is 4.74 Å². The first-order valence-corrected chi connectivity index (χ1v) is 5.94. The summed E-state index contributed by atoms with van der Waals surface area (Å²) in [4.78, 5) is 0. The van der Waals surface area contributed by atoms with E-state index in [1.165, 1.54) is 5.56 Å². The molecular formula is C13H20F2N2O. The van der Waals surface area contributed by atoms with Gasteiger partial charge in [-0.3, -0.25) is 11.3 Å². The monoisotopic (exact) mass is 258 g/mol. The number of hydrazine groups is 1. The molecule has 3 N–H and O–H groups in total. The molecule has 1 atom stereocenters. The van der Waals surface area contributed by atoms with E-state index < -0.39 is 13.0 Å². The lowest BCUT2D eigenvalue weighted by atomic mass is 9.96.